The van der Waals surface area contributed by atoms with E-state index in [0.29, 0.717) is 12.5 Å². The molecule has 21 heavy (non-hydrogen) atoms. The van der Waals surface area contributed by atoms with Gasteiger partial charge in [-0.3, -0.25) is 4.79 Å². The van der Waals surface area contributed by atoms with Gasteiger partial charge in [0.1, 0.15) is 0 Å². The molecule has 0 aliphatic heterocycles. The number of pyridine rings is 1. The van der Waals surface area contributed by atoms with Gasteiger partial charge in [-0.05, 0) is 30.4 Å². The fourth-order valence-electron chi connectivity index (χ4n) is 3.06. The second-order valence-electron chi connectivity index (χ2n) is 5.61. The minimum Gasteiger partial charge on any atom is -0.309 e. The molecule has 0 unspecified atom stereocenters. The predicted octanol–water partition coefficient (Wildman–Crippen LogP) is 4.23. The molecule has 0 atom stereocenters. The molecule has 1 saturated carbocycles. The molecular formula is C16H16N2OS2. The highest BCUT2D eigenvalue weighted by molar-refractivity contribution is 7.17. The van der Waals surface area contributed by atoms with Crippen molar-refractivity contribution < 1.29 is 0 Å². The van der Waals surface area contributed by atoms with Crippen molar-refractivity contribution in [1.82, 2.24) is 9.55 Å². The Kier molecular flexibility index (Phi) is 3.39. The molecule has 0 bridgehead atoms. The number of hydrogen-bond acceptors (Lipinski definition) is 4. The predicted molar refractivity (Wildman–Crippen MR) is 88.5 cm³/mol. The zero-order valence-corrected chi connectivity index (χ0v) is 13.3. The van der Waals surface area contributed by atoms with Crippen LogP contribution in [-0.2, 0) is 6.54 Å². The van der Waals surface area contributed by atoms with Crippen molar-refractivity contribution >= 4 is 32.8 Å². The van der Waals surface area contributed by atoms with E-state index in [2.05, 4.69) is 5.38 Å². The molecule has 3 heterocycles. The van der Waals surface area contributed by atoms with E-state index >= 15 is 0 Å². The van der Waals surface area contributed by atoms with Crippen LogP contribution < -0.4 is 5.56 Å². The summed E-state index contributed by atoms with van der Waals surface area (Å²) >= 11 is 3.36. The monoisotopic (exact) mass is 316 g/mol. The maximum atomic E-state index is 12.4. The van der Waals surface area contributed by atoms with Crippen molar-refractivity contribution in [2.24, 2.45) is 0 Å². The Hall–Kier alpha value is -1.46. The average molecular weight is 316 g/mol. The normalized spacial score (nSPS) is 16.0. The molecule has 0 spiro atoms. The van der Waals surface area contributed by atoms with E-state index < -0.39 is 0 Å². The van der Waals surface area contributed by atoms with E-state index in [1.807, 2.05) is 23.7 Å². The van der Waals surface area contributed by atoms with Crippen LogP contribution in [0.3, 0.4) is 0 Å². The van der Waals surface area contributed by atoms with E-state index in [0.717, 1.165) is 15.8 Å². The van der Waals surface area contributed by atoms with Gasteiger partial charge in [-0.15, -0.1) is 22.7 Å². The van der Waals surface area contributed by atoms with Crippen LogP contribution in [0.1, 0.15) is 42.3 Å². The Bertz CT molecular complexity index is 824. The van der Waals surface area contributed by atoms with Gasteiger partial charge >= 0.3 is 0 Å². The number of fused-ring (bicyclic) bond motifs is 1. The summed E-state index contributed by atoms with van der Waals surface area (Å²) in [5.74, 6) is 0.653. The fourth-order valence-corrected chi connectivity index (χ4v) is 4.82. The van der Waals surface area contributed by atoms with Crippen LogP contribution in [0.25, 0.3) is 10.1 Å². The third-order valence-corrected chi connectivity index (χ3v) is 6.14. The van der Waals surface area contributed by atoms with Crippen LogP contribution >= 0.6 is 22.7 Å². The first-order valence-electron chi connectivity index (χ1n) is 7.32. The van der Waals surface area contributed by atoms with E-state index in [1.54, 1.807) is 27.2 Å². The van der Waals surface area contributed by atoms with Crippen molar-refractivity contribution in [2.45, 2.75) is 38.1 Å². The third kappa shape index (κ3) is 2.45. The molecule has 0 aromatic carbocycles. The number of hydrogen-bond donors (Lipinski definition) is 0. The minimum atomic E-state index is 0.0872. The largest absolute Gasteiger partial charge is 0.309 e. The summed E-state index contributed by atoms with van der Waals surface area (Å²) in [7, 11) is 0. The van der Waals surface area contributed by atoms with Crippen molar-refractivity contribution in [3.05, 3.63) is 50.1 Å². The van der Waals surface area contributed by atoms with Crippen molar-refractivity contribution in [1.29, 1.82) is 0 Å². The lowest BCUT2D eigenvalue weighted by Gasteiger charge is -2.04. The second kappa shape index (κ2) is 5.39. The maximum absolute atomic E-state index is 12.4. The van der Waals surface area contributed by atoms with Crippen molar-refractivity contribution in [2.75, 3.05) is 0 Å². The number of nitrogens with zero attached hydrogens (tertiary/aromatic N) is 2. The van der Waals surface area contributed by atoms with E-state index in [9.17, 15) is 4.79 Å². The molecule has 3 nitrogen and oxygen atoms in total. The summed E-state index contributed by atoms with van der Waals surface area (Å²) in [5, 5.41) is 6.15. The highest BCUT2D eigenvalue weighted by Gasteiger charge is 2.20. The Labute approximate surface area is 130 Å². The van der Waals surface area contributed by atoms with Gasteiger partial charge in [0.25, 0.3) is 5.56 Å². The van der Waals surface area contributed by atoms with Gasteiger partial charge in [-0.2, -0.15) is 0 Å². The van der Waals surface area contributed by atoms with Crippen LogP contribution in [0.2, 0.25) is 0 Å². The van der Waals surface area contributed by atoms with Gasteiger partial charge in [0.2, 0.25) is 0 Å². The van der Waals surface area contributed by atoms with Gasteiger partial charge in [-0.1, -0.05) is 12.8 Å². The van der Waals surface area contributed by atoms with Crippen LogP contribution in [-0.4, -0.2) is 9.55 Å². The Morgan fingerprint density at radius 1 is 1.24 bits per heavy atom. The minimum absolute atomic E-state index is 0.0872. The second-order valence-corrected chi connectivity index (χ2v) is 7.44. The van der Waals surface area contributed by atoms with Crippen LogP contribution in [0, 0.1) is 0 Å². The Morgan fingerprint density at radius 3 is 2.95 bits per heavy atom. The van der Waals surface area contributed by atoms with Crippen LogP contribution in [0.5, 0.6) is 0 Å². The molecule has 1 aliphatic carbocycles. The molecule has 0 radical (unpaired) electrons. The lowest BCUT2D eigenvalue weighted by Crippen LogP contribution is -2.19. The third-order valence-electron chi connectivity index (χ3n) is 4.20. The SMILES string of the molecule is O=c1c2ccsc2ccn1Cc1csc(C2CCCC2)n1. The van der Waals surface area contributed by atoms with E-state index in [-0.39, 0.29) is 5.56 Å². The fraction of sp³-hybridized carbons (Fsp3) is 0.375. The molecule has 0 saturated heterocycles. The first kappa shape index (κ1) is 13.2. The van der Waals surface area contributed by atoms with E-state index in [4.69, 9.17) is 4.98 Å². The number of thiazole rings is 1. The topological polar surface area (TPSA) is 34.9 Å². The zero-order valence-electron chi connectivity index (χ0n) is 11.6. The van der Waals surface area contributed by atoms with Gasteiger partial charge < -0.3 is 4.57 Å². The summed E-state index contributed by atoms with van der Waals surface area (Å²) in [4.78, 5) is 17.2. The van der Waals surface area contributed by atoms with Crippen molar-refractivity contribution in [3.8, 4) is 0 Å². The molecule has 0 amide bonds. The summed E-state index contributed by atoms with van der Waals surface area (Å²) in [6, 6.07) is 3.93. The van der Waals surface area contributed by atoms with E-state index in [1.165, 1.54) is 30.7 Å². The highest BCUT2D eigenvalue weighted by Crippen LogP contribution is 2.35. The lowest BCUT2D eigenvalue weighted by molar-refractivity contribution is 0.698. The first-order valence-corrected chi connectivity index (χ1v) is 9.08. The summed E-state index contributed by atoms with van der Waals surface area (Å²) in [5.41, 5.74) is 1.10. The Morgan fingerprint density at radius 2 is 2.10 bits per heavy atom. The van der Waals surface area contributed by atoms with Crippen LogP contribution in [0.15, 0.2) is 33.9 Å². The summed E-state index contributed by atoms with van der Waals surface area (Å²) < 4.78 is 2.82. The van der Waals surface area contributed by atoms with Gasteiger partial charge in [0, 0.05) is 22.2 Å². The van der Waals surface area contributed by atoms with Gasteiger partial charge in [0.05, 0.1) is 22.6 Å². The maximum Gasteiger partial charge on any atom is 0.259 e. The molecule has 3 aromatic heterocycles. The number of rotatable bonds is 3. The van der Waals surface area contributed by atoms with Crippen LogP contribution in [0.4, 0.5) is 0 Å². The number of thiophene rings is 1. The van der Waals surface area contributed by atoms with Gasteiger partial charge in [-0.25, -0.2) is 4.98 Å². The zero-order chi connectivity index (χ0) is 14.2. The molecule has 1 aliphatic rings. The number of aromatic nitrogens is 2. The summed E-state index contributed by atoms with van der Waals surface area (Å²) in [6.07, 6.45) is 7.08. The molecule has 5 heteroatoms. The standard InChI is InChI=1S/C16H16N2OS2/c19-16-13-6-8-20-14(13)5-7-18(16)9-12-10-21-15(17-12)11-3-1-2-4-11/h5-8,10-11H,1-4,9H2. The molecule has 0 N–H and O–H groups in total. The quantitative estimate of drug-likeness (QED) is 0.725. The summed E-state index contributed by atoms with van der Waals surface area (Å²) in [6.45, 7) is 0.577. The molecule has 3 aromatic rings. The highest BCUT2D eigenvalue weighted by atomic mass is 32.1. The lowest BCUT2D eigenvalue weighted by atomic mass is 10.1. The van der Waals surface area contributed by atoms with Gasteiger partial charge in [0.15, 0.2) is 0 Å². The average Bonchev–Trinajstić information content (AvgIpc) is 3.21. The molecule has 108 valence electrons. The smallest absolute Gasteiger partial charge is 0.259 e. The molecular weight excluding hydrogens is 300 g/mol. The first-order chi connectivity index (χ1) is 10.3. The van der Waals surface area contributed by atoms with Crippen molar-refractivity contribution in [3.63, 3.8) is 0 Å². The molecule has 1 fully saturated rings. The molecule has 4 rings (SSSR count). The Balaban J connectivity index is 1.62.